The molecule has 4 aromatic rings. The lowest BCUT2D eigenvalue weighted by Gasteiger charge is -2.16. The van der Waals surface area contributed by atoms with Crippen LogP contribution in [-0.2, 0) is 4.74 Å². The van der Waals surface area contributed by atoms with Gasteiger partial charge in [0.05, 0.1) is 24.4 Å². The molecular weight excluding hydrogens is 528 g/mol. The van der Waals surface area contributed by atoms with Gasteiger partial charge in [-0.15, -0.1) is 10.2 Å². The number of carbonyl (C=O) groups excluding carboxylic acids is 1. The van der Waals surface area contributed by atoms with E-state index < -0.39 is 35.4 Å². The lowest BCUT2D eigenvalue weighted by atomic mass is 9.98. The number of nitrogens with two attached hydrogens (primary N) is 1. The quantitative estimate of drug-likeness (QED) is 0.280. The predicted molar refractivity (Wildman–Crippen MR) is 129 cm³/mol. The molecule has 196 valence electrons. The van der Waals surface area contributed by atoms with Gasteiger partial charge in [-0.1, -0.05) is 17.4 Å². The summed E-state index contributed by atoms with van der Waals surface area (Å²) in [6, 6.07) is 8.29. The zero-order valence-electron chi connectivity index (χ0n) is 19.4. The van der Waals surface area contributed by atoms with Crippen molar-refractivity contribution in [3.63, 3.8) is 0 Å². The molecule has 3 heterocycles. The Bertz CT molecular complexity index is 1560. The number of ether oxygens (including phenoxy) is 3. The van der Waals surface area contributed by atoms with Gasteiger partial charge in [-0.05, 0) is 18.2 Å². The highest BCUT2D eigenvalue weighted by molar-refractivity contribution is 7.17. The standard InChI is InChI=1S/C22H17F2N7O6S/c1-34-7-8-35-17-12(16-11(10-25)3-2-4-13(16)37-20(23)24)9-14(36-19(17)33)18(32)28-21-29-30-22(38-21)31-15(26)5-6-27-31/h2-6,9,20H,7-8,26H2,1H3,(H,28,29,32). The number of halogens is 2. The number of anilines is 2. The third-order valence-electron chi connectivity index (χ3n) is 4.79. The van der Waals surface area contributed by atoms with Crippen molar-refractivity contribution in [3.8, 4) is 33.8 Å². The number of benzene rings is 1. The highest BCUT2D eigenvalue weighted by Gasteiger charge is 2.25. The topological polar surface area (TPSA) is 180 Å². The highest BCUT2D eigenvalue weighted by atomic mass is 32.1. The molecule has 3 N–H and O–H groups in total. The Morgan fingerprint density at radius 3 is 2.82 bits per heavy atom. The first-order valence-corrected chi connectivity index (χ1v) is 11.4. The smallest absolute Gasteiger partial charge is 0.387 e. The number of nitrogen functional groups attached to an aromatic ring is 1. The number of alkyl halides is 2. The fourth-order valence-electron chi connectivity index (χ4n) is 3.22. The van der Waals surface area contributed by atoms with Crippen molar-refractivity contribution < 1.29 is 32.2 Å². The van der Waals surface area contributed by atoms with E-state index >= 15 is 0 Å². The van der Waals surface area contributed by atoms with Crippen LogP contribution < -0.4 is 26.1 Å². The molecular formula is C22H17F2N7O6S. The van der Waals surface area contributed by atoms with Crippen LogP contribution in [0, 0.1) is 11.3 Å². The van der Waals surface area contributed by atoms with Crippen molar-refractivity contribution >= 4 is 28.2 Å². The summed E-state index contributed by atoms with van der Waals surface area (Å²) < 4.78 is 47.7. The van der Waals surface area contributed by atoms with E-state index in [1.165, 1.54) is 42.3 Å². The Labute approximate surface area is 216 Å². The van der Waals surface area contributed by atoms with Crippen molar-refractivity contribution in [1.82, 2.24) is 20.0 Å². The number of methoxy groups -OCH3 is 1. The summed E-state index contributed by atoms with van der Waals surface area (Å²) in [7, 11) is 1.40. The van der Waals surface area contributed by atoms with E-state index in [1.807, 2.05) is 6.07 Å². The van der Waals surface area contributed by atoms with Crippen LogP contribution in [0.4, 0.5) is 19.7 Å². The summed E-state index contributed by atoms with van der Waals surface area (Å²) in [5.74, 6) is -2.02. The number of amides is 1. The molecule has 0 spiro atoms. The van der Waals surface area contributed by atoms with Crippen LogP contribution in [0.2, 0.25) is 0 Å². The lowest BCUT2D eigenvalue weighted by Crippen LogP contribution is -2.18. The van der Waals surface area contributed by atoms with Gasteiger partial charge >= 0.3 is 12.2 Å². The molecule has 0 fully saturated rings. The van der Waals surface area contributed by atoms with E-state index in [2.05, 4.69) is 25.3 Å². The van der Waals surface area contributed by atoms with Gasteiger partial charge in [-0.3, -0.25) is 10.1 Å². The largest absolute Gasteiger partial charge is 0.484 e. The highest BCUT2D eigenvalue weighted by Crippen LogP contribution is 2.39. The number of nitriles is 1. The zero-order valence-corrected chi connectivity index (χ0v) is 20.2. The minimum Gasteiger partial charge on any atom is -0.484 e. The van der Waals surface area contributed by atoms with E-state index in [4.69, 9.17) is 19.6 Å². The molecule has 0 aliphatic carbocycles. The first kappa shape index (κ1) is 26.2. The van der Waals surface area contributed by atoms with E-state index in [0.29, 0.717) is 0 Å². The fraction of sp³-hybridized carbons (Fsp3) is 0.182. The number of hydrogen-bond donors (Lipinski definition) is 2. The minimum absolute atomic E-state index is 0.0173. The van der Waals surface area contributed by atoms with Crippen LogP contribution in [-0.4, -0.2) is 52.8 Å². The molecule has 1 aromatic carbocycles. The Morgan fingerprint density at radius 2 is 2.13 bits per heavy atom. The van der Waals surface area contributed by atoms with E-state index in [-0.39, 0.29) is 46.0 Å². The molecule has 0 saturated heterocycles. The second-order valence-electron chi connectivity index (χ2n) is 7.16. The first-order valence-electron chi connectivity index (χ1n) is 10.5. The summed E-state index contributed by atoms with van der Waals surface area (Å²) in [6.07, 6.45) is 1.45. The maximum atomic E-state index is 13.1. The van der Waals surface area contributed by atoms with Crippen LogP contribution in [0.25, 0.3) is 16.3 Å². The Morgan fingerprint density at radius 1 is 1.32 bits per heavy atom. The number of nitrogens with zero attached hydrogens (tertiary/aromatic N) is 5. The summed E-state index contributed by atoms with van der Waals surface area (Å²) >= 11 is 0.926. The van der Waals surface area contributed by atoms with Crippen LogP contribution in [0.5, 0.6) is 11.5 Å². The van der Waals surface area contributed by atoms with Crippen molar-refractivity contribution in [2.24, 2.45) is 0 Å². The van der Waals surface area contributed by atoms with Gasteiger partial charge in [0.2, 0.25) is 16.0 Å². The summed E-state index contributed by atoms with van der Waals surface area (Å²) in [5.41, 5.74) is 4.18. The van der Waals surface area contributed by atoms with Gasteiger partial charge in [-0.2, -0.15) is 23.8 Å². The molecule has 0 unspecified atom stereocenters. The normalized spacial score (nSPS) is 10.8. The molecule has 0 aliphatic heterocycles. The van der Waals surface area contributed by atoms with E-state index in [0.717, 1.165) is 17.4 Å². The minimum atomic E-state index is -3.24. The Hall–Kier alpha value is -4.88. The number of carbonyl (C=O) groups is 1. The monoisotopic (exact) mass is 545 g/mol. The Balaban J connectivity index is 1.76. The second-order valence-corrected chi connectivity index (χ2v) is 8.12. The molecule has 0 saturated carbocycles. The van der Waals surface area contributed by atoms with Gasteiger partial charge < -0.3 is 24.4 Å². The maximum Gasteiger partial charge on any atom is 0.387 e. The third-order valence-corrected chi connectivity index (χ3v) is 5.60. The van der Waals surface area contributed by atoms with Gasteiger partial charge in [0.1, 0.15) is 18.2 Å². The van der Waals surface area contributed by atoms with Crippen molar-refractivity contribution in [2.75, 3.05) is 31.4 Å². The van der Waals surface area contributed by atoms with Crippen molar-refractivity contribution in [1.29, 1.82) is 5.26 Å². The third kappa shape index (κ3) is 5.58. The van der Waals surface area contributed by atoms with Crippen LogP contribution in [0.15, 0.2) is 45.7 Å². The SMILES string of the molecule is COCCOc1c(-c2c(C#N)cccc2OC(F)F)cc(C(=O)Nc2nnc(-n3nccc3N)s2)oc1=O. The van der Waals surface area contributed by atoms with E-state index in [9.17, 15) is 23.6 Å². The Kier molecular flexibility index (Phi) is 7.89. The maximum absolute atomic E-state index is 13.1. The van der Waals surface area contributed by atoms with Crippen LogP contribution in [0.1, 0.15) is 16.1 Å². The molecule has 13 nitrogen and oxygen atoms in total. The molecule has 4 rings (SSSR count). The average molecular weight is 545 g/mol. The molecule has 3 aromatic heterocycles. The predicted octanol–water partition coefficient (Wildman–Crippen LogP) is 2.68. The van der Waals surface area contributed by atoms with Gasteiger partial charge in [-0.25, -0.2) is 4.79 Å². The van der Waals surface area contributed by atoms with Crippen molar-refractivity contribution in [2.45, 2.75) is 6.61 Å². The van der Waals surface area contributed by atoms with Gasteiger partial charge in [0, 0.05) is 24.3 Å². The summed E-state index contributed by atoms with van der Waals surface area (Å²) in [4.78, 5) is 25.9. The summed E-state index contributed by atoms with van der Waals surface area (Å²) in [5, 5.41) is 24.0. The summed E-state index contributed by atoms with van der Waals surface area (Å²) in [6.45, 7) is -3.29. The number of aromatic nitrogens is 4. The molecule has 1 amide bonds. The number of nitrogens with one attached hydrogen (secondary N) is 1. The number of hydrogen-bond acceptors (Lipinski definition) is 12. The molecule has 38 heavy (non-hydrogen) atoms. The van der Waals surface area contributed by atoms with Crippen LogP contribution >= 0.6 is 11.3 Å². The van der Waals surface area contributed by atoms with E-state index in [1.54, 1.807) is 0 Å². The lowest BCUT2D eigenvalue weighted by molar-refractivity contribution is -0.0494. The van der Waals surface area contributed by atoms with Gasteiger partial charge in [0.25, 0.3) is 5.91 Å². The van der Waals surface area contributed by atoms with Gasteiger partial charge in [0.15, 0.2) is 5.76 Å². The fourth-order valence-corrected chi connectivity index (χ4v) is 3.94. The molecule has 0 atom stereocenters. The average Bonchev–Trinajstić information content (AvgIpc) is 3.52. The zero-order chi connectivity index (χ0) is 27.2. The molecule has 16 heteroatoms. The molecule has 0 bridgehead atoms. The van der Waals surface area contributed by atoms with Crippen LogP contribution in [0.3, 0.4) is 0 Å². The first-order chi connectivity index (χ1) is 18.3. The number of rotatable bonds is 10. The molecule has 0 radical (unpaired) electrons. The second kappa shape index (κ2) is 11.5. The van der Waals surface area contributed by atoms with Crippen molar-refractivity contribution in [3.05, 3.63) is 58.3 Å². The molecule has 0 aliphatic rings.